The Morgan fingerprint density at radius 3 is 2.35 bits per heavy atom. The SMILES string of the molecule is Cc1cc(C)cc(COc2cc(Br)ccc2C(C)N)c1. The lowest BCUT2D eigenvalue weighted by Crippen LogP contribution is -2.08. The van der Waals surface area contributed by atoms with Gasteiger partial charge in [0.2, 0.25) is 0 Å². The van der Waals surface area contributed by atoms with Crippen LogP contribution in [0.2, 0.25) is 0 Å². The lowest BCUT2D eigenvalue weighted by Gasteiger charge is -2.15. The van der Waals surface area contributed by atoms with Gasteiger partial charge in [-0.2, -0.15) is 0 Å². The van der Waals surface area contributed by atoms with Gasteiger partial charge in [-0.1, -0.05) is 51.3 Å². The number of benzene rings is 2. The first kappa shape index (κ1) is 15.1. The zero-order valence-electron chi connectivity index (χ0n) is 12.1. The van der Waals surface area contributed by atoms with Gasteiger partial charge in [-0.15, -0.1) is 0 Å². The first-order valence-corrected chi connectivity index (χ1v) is 7.50. The molecule has 20 heavy (non-hydrogen) atoms. The molecule has 0 aliphatic heterocycles. The van der Waals surface area contributed by atoms with Crippen molar-refractivity contribution in [3.8, 4) is 5.75 Å². The summed E-state index contributed by atoms with van der Waals surface area (Å²) in [5.41, 5.74) is 10.7. The fraction of sp³-hybridized carbons (Fsp3) is 0.294. The molecule has 2 nitrogen and oxygen atoms in total. The van der Waals surface area contributed by atoms with E-state index in [9.17, 15) is 0 Å². The number of hydrogen-bond acceptors (Lipinski definition) is 2. The summed E-state index contributed by atoms with van der Waals surface area (Å²) in [4.78, 5) is 0. The highest BCUT2D eigenvalue weighted by Crippen LogP contribution is 2.28. The van der Waals surface area contributed by atoms with Crippen LogP contribution in [0.5, 0.6) is 5.75 Å². The van der Waals surface area contributed by atoms with Gasteiger partial charge in [-0.25, -0.2) is 0 Å². The Morgan fingerprint density at radius 2 is 1.75 bits per heavy atom. The van der Waals surface area contributed by atoms with E-state index in [1.54, 1.807) is 0 Å². The number of ether oxygens (including phenoxy) is 1. The smallest absolute Gasteiger partial charge is 0.125 e. The first-order chi connectivity index (χ1) is 9.45. The topological polar surface area (TPSA) is 35.2 Å². The zero-order valence-corrected chi connectivity index (χ0v) is 13.7. The monoisotopic (exact) mass is 333 g/mol. The maximum atomic E-state index is 5.99. The largest absolute Gasteiger partial charge is 0.489 e. The number of nitrogens with two attached hydrogens (primary N) is 1. The highest BCUT2D eigenvalue weighted by Gasteiger charge is 2.09. The molecule has 0 aromatic heterocycles. The lowest BCUT2D eigenvalue weighted by atomic mass is 10.1. The van der Waals surface area contributed by atoms with Crippen LogP contribution in [0.1, 0.15) is 35.2 Å². The molecule has 0 spiro atoms. The number of rotatable bonds is 4. The van der Waals surface area contributed by atoms with Crippen LogP contribution in [0.25, 0.3) is 0 Å². The highest BCUT2D eigenvalue weighted by molar-refractivity contribution is 9.10. The summed E-state index contributed by atoms with van der Waals surface area (Å²) in [7, 11) is 0. The summed E-state index contributed by atoms with van der Waals surface area (Å²) >= 11 is 3.47. The van der Waals surface area contributed by atoms with Crippen LogP contribution in [-0.4, -0.2) is 0 Å². The van der Waals surface area contributed by atoms with Gasteiger partial charge in [0, 0.05) is 16.1 Å². The van der Waals surface area contributed by atoms with Crippen molar-refractivity contribution in [1.29, 1.82) is 0 Å². The van der Waals surface area contributed by atoms with Crippen molar-refractivity contribution in [1.82, 2.24) is 0 Å². The molecular formula is C17H20BrNO. The predicted molar refractivity (Wildman–Crippen MR) is 87.0 cm³/mol. The van der Waals surface area contributed by atoms with Gasteiger partial charge in [-0.05, 0) is 38.5 Å². The van der Waals surface area contributed by atoms with E-state index in [0.717, 1.165) is 15.8 Å². The molecule has 0 heterocycles. The Bertz CT molecular complexity index is 588. The summed E-state index contributed by atoms with van der Waals surface area (Å²) in [6.45, 7) is 6.72. The van der Waals surface area contributed by atoms with Gasteiger partial charge in [0.25, 0.3) is 0 Å². The van der Waals surface area contributed by atoms with E-state index >= 15 is 0 Å². The van der Waals surface area contributed by atoms with E-state index < -0.39 is 0 Å². The molecule has 0 saturated carbocycles. The molecule has 2 rings (SSSR count). The second kappa shape index (κ2) is 6.42. The predicted octanol–water partition coefficient (Wildman–Crippen LogP) is 4.66. The Morgan fingerprint density at radius 1 is 1.10 bits per heavy atom. The van der Waals surface area contributed by atoms with E-state index in [1.807, 2.05) is 25.1 Å². The van der Waals surface area contributed by atoms with Crippen LogP contribution in [-0.2, 0) is 6.61 Å². The summed E-state index contributed by atoms with van der Waals surface area (Å²) < 4.78 is 6.96. The van der Waals surface area contributed by atoms with Crippen LogP contribution >= 0.6 is 15.9 Å². The molecule has 3 heteroatoms. The Kier molecular flexibility index (Phi) is 4.84. The van der Waals surface area contributed by atoms with Gasteiger partial charge < -0.3 is 10.5 Å². The third-order valence-corrected chi connectivity index (χ3v) is 3.64. The van der Waals surface area contributed by atoms with Crippen molar-refractivity contribution in [2.75, 3.05) is 0 Å². The molecule has 0 aliphatic rings. The van der Waals surface area contributed by atoms with Crippen molar-refractivity contribution in [3.05, 3.63) is 63.1 Å². The molecule has 2 aromatic carbocycles. The van der Waals surface area contributed by atoms with Gasteiger partial charge in [0.05, 0.1) is 0 Å². The minimum absolute atomic E-state index is 0.0441. The summed E-state index contributed by atoms with van der Waals surface area (Å²) in [5, 5.41) is 0. The molecule has 106 valence electrons. The minimum Gasteiger partial charge on any atom is -0.489 e. The van der Waals surface area contributed by atoms with Crippen LogP contribution < -0.4 is 10.5 Å². The van der Waals surface area contributed by atoms with Crippen LogP contribution in [0.3, 0.4) is 0 Å². The normalized spacial score (nSPS) is 12.2. The van der Waals surface area contributed by atoms with Gasteiger partial charge in [0.15, 0.2) is 0 Å². The van der Waals surface area contributed by atoms with Gasteiger partial charge in [0.1, 0.15) is 12.4 Å². The van der Waals surface area contributed by atoms with Crippen molar-refractivity contribution in [2.45, 2.75) is 33.4 Å². The van der Waals surface area contributed by atoms with E-state index in [4.69, 9.17) is 10.5 Å². The second-order valence-corrected chi connectivity index (χ2v) is 6.17. The molecular weight excluding hydrogens is 314 g/mol. The first-order valence-electron chi connectivity index (χ1n) is 6.70. The Balaban J connectivity index is 2.20. The zero-order chi connectivity index (χ0) is 14.7. The van der Waals surface area contributed by atoms with E-state index in [1.165, 1.54) is 16.7 Å². The number of aryl methyl sites for hydroxylation is 2. The molecule has 1 atom stereocenters. The summed E-state index contributed by atoms with van der Waals surface area (Å²) in [6, 6.07) is 12.4. The molecule has 0 saturated heterocycles. The molecule has 0 aliphatic carbocycles. The number of halogens is 1. The van der Waals surface area contributed by atoms with Crippen LogP contribution in [0.15, 0.2) is 40.9 Å². The quantitative estimate of drug-likeness (QED) is 0.882. The third kappa shape index (κ3) is 3.84. The van der Waals surface area contributed by atoms with Crippen molar-refractivity contribution < 1.29 is 4.74 Å². The van der Waals surface area contributed by atoms with E-state index in [-0.39, 0.29) is 6.04 Å². The third-order valence-electron chi connectivity index (χ3n) is 3.14. The fourth-order valence-corrected chi connectivity index (χ4v) is 2.66. The molecule has 0 amide bonds. The number of hydrogen-bond donors (Lipinski definition) is 1. The molecule has 2 N–H and O–H groups in total. The standard InChI is InChI=1S/C17H20BrNO/c1-11-6-12(2)8-14(7-11)10-20-17-9-15(18)4-5-16(17)13(3)19/h4-9,13H,10,19H2,1-3H3. The average Bonchev–Trinajstić information content (AvgIpc) is 2.35. The van der Waals surface area contributed by atoms with E-state index in [0.29, 0.717) is 6.61 Å². The molecule has 2 aromatic rings. The van der Waals surface area contributed by atoms with Gasteiger partial charge in [-0.3, -0.25) is 0 Å². The summed E-state index contributed by atoms with van der Waals surface area (Å²) in [5.74, 6) is 0.841. The van der Waals surface area contributed by atoms with E-state index in [2.05, 4.69) is 48.0 Å². The average molecular weight is 334 g/mol. The molecule has 0 bridgehead atoms. The van der Waals surface area contributed by atoms with Crippen LogP contribution in [0, 0.1) is 13.8 Å². The Hall–Kier alpha value is -1.32. The van der Waals surface area contributed by atoms with Crippen LogP contribution in [0.4, 0.5) is 0 Å². The summed E-state index contributed by atoms with van der Waals surface area (Å²) in [6.07, 6.45) is 0. The molecule has 0 radical (unpaired) electrons. The second-order valence-electron chi connectivity index (χ2n) is 5.26. The lowest BCUT2D eigenvalue weighted by molar-refractivity contribution is 0.301. The van der Waals surface area contributed by atoms with Crippen molar-refractivity contribution in [2.24, 2.45) is 5.73 Å². The van der Waals surface area contributed by atoms with Gasteiger partial charge >= 0.3 is 0 Å². The van der Waals surface area contributed by atoms with Crippen molar-refractivity contribution in [3.63, 3.8) is 0 Å². The fourth-order valence-electron chi connectivity index (χ4n) is 2.32. The maximum Gasteiger partial charge on any atom is 0.125 e. The molecule has 0 fully saturated rings. The highest BCUT2D eigenvalue weighted by atomic mass is 79.9. The Labute approximate surface area is 129 Å². The minimum atomic E-state index is -0.0441. The maximum absolute atomic E-state index is 5.99. The van der Waals surface area contributed by atoms with Crippen molar-refractivity contribution >= 4 is 15.9 Å². The molecule has 1 unspecified atom stereocenters.